The fourth-order valence-corrected chi connectivity index (χ4v) is 1.87. The third-order valence-corrected chi connectivity index (χ3v) is 3.17. The number of amides is 1. The van der Waals surface area contributed by atoms with Gasteiger partial charge < -0.3 is 4.90 Å². The van der Waals surface area contributed by atoms with Gasteiger partial charge in [-0.15, -0.1) is 0 Å². The van der Waals surface area contributed by atoms with Crippen molar-refractivity contribution >= 4 is 5.91 Å². The molecule has 3 nitrogen and oxygen atoms in total. The standard InChI is InChI=1S/C15H15FN2O/c1-11(12-7-4-3-5-8-12)18(2)15(19)13-9-6-10-17-14(13)16/h3-11H,1-2H3. The van der Waals surface area contributed by atoms with Crippen LogP contribution in [0.15, 0.2) is 48.7 Å². The maximum absolute atomic E-state index is 13.5. The van der Waals surface area contributed by atoms with Crippen molar-refractivity contribution in [3.8, 4) is 0 Å². The molecule has 1 aromatic heterocycles. The molecule has 0 bridgehead atoms. The Morgan fingerprint density at radius 3 is 2.53 bits per heavy atom. The zero-order chi connectivity index (χ0) is 13.8. The number of benzene rings is 1. The molecule has 2 aromatic rings. The first-order valence-corrected chi connectivity index (χ1v) is 6.04. The summed E-state index contributed by atoms with van der Waals surface area (Å²) in [5.74, 6) is -1.11. The maximum Gasteiger partial charge on any atom is 0.258 e. The molecule has 1 atom stereocenters. The second kappa shape index (κ2) is 5.61. The minimum atomic E-state index is -0.736. The molecule has 0 spiro atoms. The van der Waals surface area contributed by atoms with E-state index in [0.717, 1.165) is 5.56 Å². The summed E-state index contributed by atoms with van der Waals surface area (Å²) in [6, 6.07) is 12.5. The topological polar surface area (TPSA) is 33.2 Å². The number of aromatic nitrogens is 1. The minimum Gasteiger partial charge on any atom is -0.335 e. The lowest BCUT2D eigenvalue weighted by atomic mass is 10.1. The second-order valence-electron chi connectivity index (χ2n) is 4.34. The predicted molar refractivity (Wildman–Crippen MR) is 71.1 cm³/mol. The second-order valence-corrected chi connectivity index (χ2v) is 4.34. The Morgan fingerprint density at radius 1 is 1.21 bits per heavy atom. The summed E-state index contributed by atoms with van der Waals surface area (Å²) < 4.78 is 13.5. The van der Waals surface area contributed by atoms with E-state index in [1.165, 1.54) is 17.2 Å². The van der Waals surface area contributed by atoms with Gasteiger partial charge in [0, 0.05) is 13.2 Å². The average Bonchev–Trinajstić information content (AvgIpc) is 2.46. The molecule has 4 heteroatoms. The van der Waals surface area contributed by atoms with E-state index in [1.807, 2.05) is 37.3 Å². The van der Waals surface area contributed by atoms with Gasteiger partial charge in [0.25, 0.3) is 5.91 Å². The van der Waals surface area contributed by atoms with Crippen molar-refractivity contribution in [3.05, 3.63) is 65.7 Å². The van der Waals surface area contributed by atoms with Crippen LogP contribution in [-0.2, 0) is 0 Å². The van der Waals surface area contributed by atoms with E-state index in [9.17, 15) is 9.18 Å². The molecule has 0 fully saturated rings. The lowest BCUT2D eigenvalue weighted by molar-refractivity contribution is 0.0737. The highest BCUT2D eigenvalue weighted by molar-refractivity contribution is 5.94. The third kappa shape index (κ3) is 2.78. The van der Waals surface area contributed by atoms with Crippen molar-refractivity contribution in [1.82, 2.24) is 9.88 Å². The van der Waals surface area contributed by atoms with E-state index in [2.05, 4.69) is 4.98 Å². The number of rotatable bonds is 3. The molecular formula is C15H15FN2O. The van der Waals surface area contributed by atoms with Gasteiger partial charge in [-0.2, -0.15) is 4.39 Å². The molecule has 1 unspecified atom stereocenters. The normalized spacial score (nSPS) is 11.9. The Labute approximate surface area is 111 Å². The summed E-state index contributed by atoms with van der Waals surface area (Å²) in [6.07, 6.45) is 1.33. The highest BCUT2D eigenvalue weighted by Crippen LogP contribution is 2.20. The van der Waals surface area contributed by atoms with E-state index in [4.69, 9.17) is 0 Å². The lowest BCUT2D eigenvalue weighted by Gasteiger charge is -2.25. The van der Waals surface area contributed by atoms with Crippen LogP contribution in [0.4, 0.5) is 4.39 Å². The van der Waals surface area contributed by atoms with Crippen LogP contribution in [0, 0.1) is 5.95 Å². The quantitative estimate of drug-likeness (QED) is 0.793. The van der Waals surface area contributed by atoms with Gasteiger partial charge in [0.15, 0.2) is 0 Å². The van der Waals surface area contributed by atoms with Gasteiger partial charge in [0.1, 0.15) is 0 Å². The number of hydrogen-bond acceptors (Lipinski definition) is 2. The van der Waals surface area contributed by atoms with Crippen LogP contribution in [0.1, 0.15) is 28.9 Å². The van der Waals surface area contributed by atoms with Gasteiger partial charge >= 0.3 is 0 Å². The Hall–Kier alpha value is -2.23. The van der Waals surface area contributed by atoms with Crippen LogP contribution in [0.5, 0.6) is 0 Å². The Bertz CT molecular complexity index is 571. The Kier molecular flexibility index (Phi) is 3.90. The van der Waals surface area contributed by atoms with E-state index < -0.39 is 5.95 Å². The molecule has 0 saturated heterocycles. The first kappa shape index (κ1) is 13.2. The van der Waals surface area contributed by atoms with E-state index in [0.29, 0.717) is 0 Å². The summed E-state index contributed by atoms with van der Waals surface area (Å²) >= 11 is 0. The molecular weight excluding hydrogens is 243 g/mol. The molecule has 1 amide bonds. The molecule has 1 heterocycles. The van der Waals surface area contributed by atoms with Gasteiger partial charge in [-0.05, 0) is 24.6 Å². The fraction of sp³-hybridized carbons (Fsp3) is 0.200. The zero-order valence-electron chi connectivity index (χ0n) is 10.9. The molecule has 98 valence electrons. The number of carbonyl (C=O) groups is 1. The van der Waals surface area contributed by atoms with Gasteiger partial charge in [-0.1, -0.05) is 30.3 Å². The fourth-order valence-electron chi connectivity index (χ4n) is 1.87. The number of carbonyl (C=O) groups excluding carboxylic acids is 1. The van der Waals surface area contributed by atoms with Crippen molar-refractivity contribution < 1.29 is 9.18 Å². The van der Waals surface area contributed by atoms with E-state index in [1.54, 1.807) is 13.1 Å². The van der Waals surface area contributed by atoms with Crippen LogP contribution < -0.4 is 0 Å². The first-order valence-electron chi connectivity index (χ1n) is 6.04. The third-order valence-electron chi connectivity index (χ3n) is 3.17. The van der Waals surface area contributed by atoms with E-state index >= 15 is 0 Å². The Morgan fingerprint density at radius 2 is 1.89 bits per heavy atom. The lowest BCUT2D eigenvalue weighted by Crippen LogP contribution is -2.30. The molecule has 19 heavy (non-hydrogen) atoms. The largest absolute Gasteiger partial charge is 0.335 e. The summed E-state index contributed by atoms with van der Waals surface area (Å²) in [6.45, 7) is 1.90. The predicted octanol–water partition coefficient (Wildman–Crippen LogP) is 3.05. The van der Waals surface area contributed by atoms with Crippen molar-refractivity contribution in [2.75, 3.05) is 7.05 Å². The van der Waals surface area contributed by atoms with Crippen molar-refractivity contribution in [3.63, 3.8) is 0 Å². The summed E-state index contributed by atoms with van der Waals surface area (Å²) in [5.41, 5.74) is 0.996. The average molecular weight is 258 g/mol. The van der Waals surface area contributed by atoms with Gasteiger partial charge in [0.2, 0.25) is 5.95 Å². The zero-order valence-corrected chi connectivity index (χ0v) is 10.9. The highest BCUT2D eigenvalue weighted by Gasteiger charge is 2.21. The summed E-state index contributed by atoms with van der Waals surface area (Å²) in [4.78, 5) is 17.2. The molecule has 1 aromatic carbocycles. The highest BCUT2D eigenvalue weighted by atomic mass is 19.1. The smallest absolute Gasteiger partial charge is 0.258 e. The van der Waals surface area contributed by atoms with Gasteiger partial charge in [-0.3, -0.25) is 4.79 Å². The SMILES string of the molecule is CC(c1ccccc1)N(C)C(=O)c1cccnc1F. The van der Waals surface area contributed by atoms with Crippen LogP contribution >= 0.6 is 0 Å². The molecule has 0 N–H and O–H groups in total. The maximum atomic E-state index is 13.5. The van der Waals surface area contributed by atoms with Crippen LogP contribution in [0.3, 0.4) is 0 Å². The molecule has 0 radical (unpaired) electrons. The monoisotopic (exact) mass is 258 g/mol. The molecule has 0 aliphatic heterocycles. The van der Waals surface area contributed by atoms with Crippen LogP contribution in [0.2, 0.25) is 0 Å². The number of hydrogen-bond donors (Lipinski definition) is 0. The molecule has 0 aliphatic carbocycles. The van der Waals surface area contributed by atoms with Crippen molar-refractivity contribution in [1.29, 1.82) is 0 Å². The number of halogens is 1. The van der Waals surface area contributed by atoms with Gasteiger partial charge in [-0.25, -0.2) is 4.98 Å². The Balaban J connectivity index is 2.23. The van der Waals surface area contributed by atoms with E-state index in [-0.39, 0.29) is 17.5 Å². The van der Waals surface area contributed by atoms with Crippen molar-refractivity contribution in [2.45, 2.75) is 13.0 Å². The first-order chi connectivity index (χ1) is 9.11. The van der Waals surface area contributed by atoms with Gasteiger partial charge in [0.05, 0.1) is 11.6 Å². The minimum absolute atomic E-state index is 0.00668. The summed E-state index contributed by atoms with van der Waals surface area (Å²) in [5, 5.41) is 0. The van der Waals surface area contributed by atoms with Crippen LogP contribution in [0.25, 0.3) is 0 Å². The van der Waals surface area contributed by atoms with Crippen LogP contribution in [-0.4, -0.2) is 22.8 Å². The number of pyridine rings is 1. The number of nitrogens with zero attached hydrogens (tertiary/aromatic N) is 2. The van der Waals surface area contributed by atoms with Crippen molar-refractivity contribution in [2.24, 2.45) is 0 Å². The molecule has 2 rings (SSSR count). The molecule has 0 aliphatic rings. The summed E-state index contributed by atoms with van der Waals surface area (Å²) in [7, 11) is 1.66. The molecule has 0 saturated carbocycles.